The Balaban J connectivity index is 1.64. The van der Waals surface area contributed by atoms with Crippen molar-refractivity contribution >= 4 is 17.5 Å². The lowest BCUT2D eigenvalue weighted by molar-refractivity contribution is -0.131. The van der Waals surface area contributed by atoms with Crippen molar-refractivity contribution in [2.75, 3.05) is 6.54 Å². The molecule has 0 saturated heterocycles. The monoisotopic (exact) mass is 299 g/mol. The second-order valence-corrected chi connectivity index (χ2v) is 5.84. The van der Waals surface area contributed by atoms with Gasteiger partial charge in [0.2, 0.25) is 5.91 Å². The van der Waals surface area contributed by atoms with Gasteiger partial charge in [-0.3, -0.25) is 9.59 Å². The fourth-order valence-corrected chi connectivity index (χ4v) is 3.10. The van der Waals surface area contributed by atoms with Crippen LogP contribution in [0.4, 0.5) is 0 Å². The molecule has 1 aliphatic heterocycles. The minimum Gasteiger partial charge on any atom is -0.348 e. The van der Waals surface area contributed by atoms with Gasteiger partial charge >= 0.3 is 0 Å². The van der Waals surface area contributed by atoms with Gasteiger partial charge in [-0.15, -0.1) is 0 Å². The standard InChI is InChI=1S/C17H21N3O2/c1-2-20-16(21)10-9-15(19-20)17(22)18-14-8-7-12-5-3-4-6-13(12)11-14/h3-6,14H,2,7-11H2,1H3,(H,18,22)/t14-/m0/s1. The molecule has 0 radical (unpaired) electrons. The van der Waals surface area contributed by atoms with Crippen molar-refractivity contribution in [1.82, 2.24) is 10.3 Å². The Morgan fingerprint density at radius 2 is 2.05 bits per heavy atom. The maximum Gasteiger partial charge on any atom is 0.267 e. The number of carbonyl (C=O) groups excluding carboxylic acids is 2. The van der Waals surface area contributed by atoms with Gasteiger partial charge in [-0.25, -0.2) is 5.01 Å². The molecule has 1 atom stereocenters. The van der Waals surface area contributed by atoms with Gasteiger partial charge in [0, 0.05) is 25.4 Å². The minimum absolute atomic E-state index is 0.00866. The van der Waals surface area contributed by atoms with E-state index in [0.717, 1.165) is 19.3 Å². The molecule has 116 valence electrons. The number of fused-ring (bicyclic) bond motifs is 1. The quantitative estimate of drug-likeness (QED) is 0.922. The van der Waals surface area contributed by atoms with Crippen LogP contribution in [0.25, 0.3) is 0 Å². The molecule has 1 aliphatic carbocycles. The van der Waals surface area contributed by atoms with E-state index in [2.05, 4.69) is 28.6 Å². The van der Waals surface area contributed by atoms with E-state index in [4.69, 9.17) is 0 Å². The molecule has 2 aliphatic rings. The Labute approximate surface area is 130 Å². The van der Waals surface area contributed by atoms with Crippen molar-refractivity contribution < 1.29 is 9.59 Å². The number of rotatable bonds is 3. The molecule has 2 amide bonds. The number of amides is 2. The number of hydrogen-bond donors (Lipinski definition) is 1. The third kappa shape index (κ3) is 3.03. The largest absolute Gasteiger partial charge is 0.348 e. The van der Waals surface area contributed by atoms with Crippen molar-refractivity contribution in [3.63, 3.8) is 0 Å². The average molecular weight is 299 g/mol. The lowest BCUT2D eigenvalue weighted by Gasteiger charge is -2.27. The summed E-state index contributed by atoms with van der Waals surface area (Å²) in [5.74, 6) is -0.138. The summed E-state index contributed by atoms with van der Waals surface area (Å²) in [6.45, 7) is 2.37. The van der Waals surface area contributed by atoms with Gasteiger partial charge < -0.3 is 5.32 Å². The third-order valence-corrected chi connectivity index (χ3v) is 4.35. The number of carbonyl (C=O) groups is 2. The number of benzene rings is 1. The highest BCUT2D eigenvalue weighted by atomic mass is 16.2. The summed E-state index contributed by atoms with van der Waals surface area (Å²) >= 11 is 0. The molecule has 0 spiro atoms. The van der Waals surface area contributed by atoms with Crippen LogP contribution in [-0.4, -0.2) is 35.1 Å². The lowest BCUT2D eigenvalue weighted by atomic mass is 9.88. The molecule has 0 aromatic heterocycles. The van der Waals surface area contributed by atoms with Crippen molar-refractivity contribution in [2.45, 2.75) is 45.1 Å². The maximum atomic E-state index is 12.4. The highest BCUT2D eigenvalue weighted by Crippen LogP contribution is 2.21. The number of nitrogens with one attached hydrogen (secondary N) is 1. The Morgan fingerprint density at radius 1 is 1.27 bits per heavy atom. The smallest absolute Gasteiger partial charge is 0.267 e. The van der Waals surface area contributed by atoms with Gasteiger partial charge in [0.25, 0.3) is 5.91 Å². The molecular formula is C17H21N3O2. The molecule has 5 heteroatoms. The van der Waals surface area contributed by atoms with E-state index in [1.54, 1.807) is 0 Å². The van der Waals surface area contributed by atoms with Crippen LogP contribution in [0.3, 0.4) is 0 Å². The Hall–Kier alpha value is -2.17. The number of nitrogens with zero attached hydrogens (tertiary/aromatic N) is 2. The van der Waals surface area contributed by atoms with Gasteiger partial charge in [0.05, 0.1) is 0 Å². The van der Waals surface area contributed by atoms with Gasteiger partial charge in [0.15, 0.2) is 0 Å². The van der Waals surface area contributed by atoms with Crippen molar-refractivity contribution in [2.24, 2.45) is 5.10 Å². The molecule has 5 nitrogen and oxygen atoms in total. The Bertz CT molecular complexity index is 624. The molecule has 1 aromatic carbocycles. The van der Waals surface area contributed by atoms with Crippen LogP contribution in [0.15, 0.2) is 29.4 Å². The molecule has 3 rings (SSSR count). The fourth-order valence-electron chi connectivity index (χ4n) is 3.10. The van der Waals surface area contributed by atoms with Crippen LogP contribution in [0, 0.1) is 0 Å². The molecule has 0 fully saturated rings. The molecule has 0 bridgehead atoms. The first-order valence-corrected chi connectivity index (χ1v) is 7.93. The molecule has 0 unspecified atom stereocenters. The van der Waals surface area contributed by atoms with Crippen molar-refractivity contribution in [1.29, 1.82) is 0 Å². The van der Waals surface area contributed by atoms with Gasteiger partial charge in [-0.1, -0.05) is 24.3 Å². The molecule has 22 heavy (non-hydrogen) atoms. The Kier molecular flexibility index (Phi) is 4.22. The van der Waals surface area contributed by atoms with Crippen LogP contribution >= 0.6 is 0 Å². The minimum atomic E-state index is -0.129. The van der Waals surface area contributed by atoms with Gasteiger partial charge in [-0.2, -0.15) is 5.10 Å². The summed E-state index contributed by atoms with van der Waals surface area (Å²) in [6.07, 6.45) is 3.61. The summed E-state index contributed by atoms with van der Waals surface area (Å²) in [5.41, 5.74) is 3.17. The predicted molar refractivity (Wildman–Crippen MR) is 84.5 cm³/mol. The zero-order valence-corrected chi connectivity index (χ0v) is 12.8. The van der Waals surface area contributed by atoms with Crippen LogP contribution in [0.1, 0.15) is 37.3 Å². The third-order valence-electron chi connectivity index (χ3n) is 4.35. The van der Waals surface area contributed by atoms with Crippen LogP contribution < -0.4 is 5.32 Å². The number of hydrogen-bond acceptors (Lipinski definition) is 3. The predicted octanol–water partition coefficient (Wildman–Crippen LogP) is 1.66. The number of hydrazone groups is 1. The normalized spacial score (nSPS) is 21.1. The molecule has 1 N–H and O–H groups in total. The van der Waals surface area contributed by atoms with Crippen LogP contribution in [-0.2, 0) is 22.4 Å². The maximum absolute atomic E-state index is 12.4. The topological polar surface area (TPSA) is 61.8 Å². The summed E-state index contributed by atoms with van der Waals surface area (Å²) in [7, 11) is 0. The summed E-state index contributed by atoms with van der Waals surface area (Å²) in [6, 6.07) is 8.54. The van der Waals surface area contributed by atoms with E-state index < -0.39 is 0 Å². The molecule has 1 aromatic rings. The summed E-state index contributed by atoms with van der Waals surface area (Å²) in [5, 5.41) is 8.64. The van der Waals surface area contributed by atoms with Crippen LogP contribution in [0.5, 0.6) is 0 Å². The second-order valence-electron chi connectivity index (χ2n) is 5.84. The SMILES string of the molecule is CCN1N=C(C(=O)N[C@H]2CCc3ccccc3C2)CCC1=O. The van der Waals surface area contributed by atoms with Gasteiger partial charge in [0.1, 0.15) is 5.71 Å². The van der Waals surface area contributed by atoms with E-state index in [-0.39, 0.29) is 17.9 Å². The second kappa shape index (κ2) is 6.30. The van der Waals surface area contributed by atoms with E-state index in [1.807, 2.05) is 13.0 Å². The molecular weight excluding hydrogens is 278 g/mol. The fraction of sp³-hybridized carbons (Fsp3) is 0.471. The summed E-state index contributed by atoms with van der Waals surface area (Å²) in [4.78, 5) is 24.0. The molecule has 0 saturated carbocycles. The highest BCUT2D eigenvalue weighted by Gasteiger charge is 2.26. The Morgan fingerprint density at radius 3 is 2.82 bits per heavy atom. The van der Waals surface area contributed by atoms with Crippen molar-refractivity contribution in [3.05, 3.63) is 35.4 Å². The first-order valence-electron chi connectivity index (χ1n) is 7.93. The number of aryl methyl sites for hydroxylation is 1. The highest BCUT2D eigenvalue weighted by molar-refractivity contribution is 6.39. The first-order chi connectivity index (χ1) is 10.7. The summed E-state index contributed by atoms with van der Waals surface area (Å²) < 4.78 is 0. The zero-order chi connectivity index (χ0) is 15.5. The van der Waals surface area contributed by atoms with Gasteiger partial charge in [-0.05, 0) is 37.3 Å². The van der Waals surface area contributed by atoms with E-state index in [0.29, 0.717) is 25.1 Å². The molecule has 1 heterocycles. The van der Waals surface area contributed by atoms with Crippen molar-refractivity contribution in [3.8, 4) is 0 Å². The van der Waals surface area contributed by atoms with E-state index in [1.165, 1.54) is 16.1 Å². The lowest BCUT2D eigenvalue weighted by Crippen LogP contribution is -2.44. The zero-order valence-electron chi connectivity index (χ0n) is 12.8. The average Bonchev–Trinajstić information content (AvgIpc) is 2.55. The van der Waals surface area contributed by atoms with E-state index >= 15 is 0 Å². The van der Waals surface area contributed by atoms with Crippen LogP contribution in [0.2, 0.25) is 0 Å². The van der Waals surface area contributed by atoms with E-state index in [9.17, 15) is 9.59 Å². The first kappa shape index (κ1) is 14.8.